The van der Waals surface area contributed by atoms with E-state index in [0.717, 1.165) is 5.56 Å². The predicted octanol–water partition coefficient (Wildman–Crippen LogP) is 2.15. The highest BCUT2D eigenvalue weighted by molar-refractivity contribution is 6.30. The van der Waals surface area contributed by atoms with Crippen molar-refractivity contribution in [1.82, 2.24) is 0 Å². The monoisotopic (exact) mass is 249 g/mol. The summed E-state index contributed by atoms with van der Waals surface area (Å²) in [6.45, 7) is 2.12. The molecule has 0 spiro atoms. The predicted molar refractivity (Wildman–Crippen MR) is 62.8 cm³/mol. The summed E-state index contributed by atoms with van der Waals surface area (Å²) in [6, 6.07) is 10.1. The van der Waals surface area contributed by atoms with Crippen LogP contribution < -0.4 is 0 Å². The summed E-state index contributed by atoms with van der Waals surface area (Å²) < 4.78 is 10.6. The average Bonchev–Trinajstić information content (AvgIpc) is 2.20. The fourth-order valence-electron chi connectivity index (χ4n) is 2.57. The van der Waals surface area contributed by atoms with Gasteiger partial charge in [0.2, 0.25) is 0 Å². The molecule has 2 aliphatic heterocycles. The Bertz CT molecular complexity index is 486. The van der Waals surface area contributed by atoms with E-state index in [2.05, 4.69) is 6.07 Å². The standard InChI is InChI=1S/C13H12ClNO2/c14-11-3-1-2-10(4-11)13(8-17-9-13)12(5-15)6-16-7-12/h1-4H,6-9H2. The van der Waals surface area contributed by atoms with E-state index in [4.69, 9.17) is 21.1 Å². The number of nitrogens with zero attached hydrogens (tertiary/aromatic N) is 1. The molecule has 1 aromatic rings. The van der Waals surface area contributed by atoms with Crippen LogP contribution in [0.15, 0.2) is 24.3 Å². The molecule has 0 aliphatic carbocycles. The molecular formula is C13H12ClNO2. The average molecular weight is 250 g/mol. The van der Waals surface area contributed by atoms with Crippen molar-refractivity contribution >= 4 is 11.6 Å². The smallest absolute Gasteiger partial charge is 0.118 e. The summed E-state index contributed by atoms with van der Waals surface area (Å²) in [7, 11) is 0. The molecule has 0 saturated carbocycles. The zero-order chi connectivity index (χ0) is 11.9. The summed E-state index contributed by atoms with van der Waals surface area (Å²) in [5.74, 6) is 0. The van der Waals surface area contributed by atoms with Crippen molar-refractivity contribution in [1.29, 1.82) is 5.26 Å². The van der Waals surface area contributed by atoms with E-state index >= 15 is 0 Å². The summed E-state index contributed by atoms with van der Waals surface area (Å²) in [6.07, 6.45) is 0. The van der Waals surface area contributed by atoms with Gasteiger partial charge in [0.25, 0.3) is 0 Å². The molecule has 3 nitrogen and oxygen atoms in total. The molecule has 4 heteroatoms. The Morgan fingerprint density at radius 1 is 1.18 bits per heavy atom. The first kappa shape index (κ1) is 11.0. The van der Waals surface area contributed by atoms with Crippen molar-refractivity contribution < 1.29 is 9.47 Å². The molecule has 0 radical (unpaired) electrons. The highest BCUT2D eigenvalue weighted by Crippen LogP contribution is 2.51. The normalized spacial score (nSPS) is 24.2. The maximum Gasteiger partial charge on any atom is 0.118 e. The summed E-state index contributed by atoms with van der Waals surface area (Å²) in [4.78, 5) is 0. The maximum atomic E-state index is 9.45. The summed E-state index contributed by atoms with van der Waals surface area (Å²) in [5, 5.41) is 10.1. The SMILES string of the molecule is N#CC1(C2(c3cccc(Cl)c3)COC2)COC1. The van der Waals surface area contributed by atoms with E-state index in [1.807, 2.05) is 24.3 Å². The first-order valence-electron chi connectivity index (χ1n) is 5.55. The molecule has 2 saturated heterocycles. The van der Waals surface area contributed by atoms with Gasteiger partial charge in [-0.3, -0.25) is 0 Å². The highest BCUT2D eigenvalue weighted by Gasteiger charge is 2.62. The molecule has 0 unspecified atom stereocenters. The lowest BCUT2D eigenvalue weighted by molar-refractivity contribution is -0.201. The topological polar surface area (TPSA) is 42.2 Å². The van der Waals surface area contributed by atoms with E-state index < -0.39 is 5.41 Å². The van der Waals surface area contributed by atoms with Gasteiger partial charge in [-0.05, 0) is 17.7 Å². The molecule has 1 aromatic carbocycles. The first-order valence-corrected chi connectivity index (χ1v) is 5.93. The Hall–Kier alpha value is -1.08. The number of hydrogen-bond acceptors (Lipinski definition) is 3. The van der Waals surface area contributed by atoms with Crippen LogP contribution in [-0.2, 0) is 14.9 Å². The molecule has 0 aromatic heterocycles. The molecular weight excluding hydrogens is 238 g/mol. The Labute approximate surface area is 105 Å². The van der Waals surface area contributed by atoms with Gasteiger partial charge in [-0.15, -0.1) is 0 Å². The molecule has 88 valence electrons. The molecule has 2 heterocycles. The van der Waals surface area contributed by atoms with E-state index in [1.54, 1.807) is 0 Å². The van der Waals surface area contributed by atoms with Gasteiger partial charge in [-0.1, -0.05) is 23.7 Å². The second-order valence-electron chi connectivity index (χ2n) is 4.77. The van der Waals surface area contributed by atoms with Gasteiger partial charge in [0.1, 0.15) is 5.41 Å². The largest absolute Gasteiger partial charge is 0.379 e. The zero-order valence-corrected chi connectivity index (χ0v) is 10.0. The minimum atomic E-state index is -0.448. The fourth-order valence-corrected chi connectivity index (χ4v) is 2.76. The molecule has 0 atom stereocenters. The summed E-state index contributed by atoms with van der Waals surface area (Å²) in [5.41, 5.74) is 0.391. The minimum Gasteiger partial charge on any atom is -0.379 e. The number of hydrogen-bond donors (Lipinski definition) is 0. The third kappa shape index (κ3) is 1.35. The quantitative estimate of drug-likeness (QED) is 0.807. The van der Waals surface area contributed by atoms with Crippen molar-refractivity contribution in [3.63, 3.8) is 0 Å². The van der Waals surface area contributed by atoms with E-state index in [-0.39, 0.29) is 5.41 Å². The van der Waals surface area contributed by atoms with Crippen LogP contribution >= 0.6 is 11.6 Å². The maximum absolute atomic E-state index is 9.45. The number of rotatable bonds is 2. The molecule has 2 aliphatic rings. The van der Waals surface area contributed by atoms with E-state index in [1.165, 1.54) is 0 Å². The third-order valence-corrected chi connectivity index (χ3v) is 4.14. The number of benzene rings is 1. The van der Waals surface area contributed by atoms with Crippen LogP contribution in [0.1, 0.15) is 5.56 Å². The van der Waals surface area contributed by atoms with Crippen LogP contribution in [0.3, 0.4) is 0 Å². The van der Waals surface area contributed by atoms with Crippen LogP contribution in [0, 0.1) is 16.7 Å². The van der Waals surface area contributed by atoms with Gasteiger partial charge in [-0.25, -0.2) is 0 Å². The minimum absolute atomic E-state index is 0.245. The summed E-state index contributed by atoms with van der Waals surface area (Å²) >= 11 is 6.03. The van der Waals surface area contributed by atoms with Crippen molar-refractivity contribution in [3.05, 3.63) is 34.9 Å². The Morgan fingerprint density at radius 3 is 2.29 bits per heavy atom. The van der Waals surface area contributed by atoms with E-state index in [0.29, 0.717) is 31.5 Å². The van der Waals surface area contributed by atoms with Gasteiger partial charge in [0, 0.05) is 5.02 Å². The lowest BCUT2D eigenvalue weighted by Crippen LogP contribution is -2.66. The van der Waals surface area contributed by atoms with Crippen molar-refractivity contribution in [2.24, 2.45) is 5.41 Å². The Morgan fingerprint density at radius 2 is 1.88 bits per heavy atom. The Kier molecular flexibility index (Phi) is 2.41. The highest BCUT2D eigenvalue weighted by atomic mass is 35.5. The fraction of sp³-hybridized carbons (Fsp3) is 0.462. The van der Waals surface area contributed by atoms with Crippen molar-refractivity contribution in [2.75, 3.05) is 26.4 Å². The molecule has 3 rings (SSSR count). The molecule has 0 bridgehead atoms. The molecule has 0 N–H and O–H groups in total. The van der Waals surface area contributed by atoms with Crippen molar-refractivity contribution in [2.45, 2.75) is 5.41 Å². The molecule has 17 heavy (non-hydrogen) atoms. The van der Waals surface area contributed by atoms with E-state index in [9.17, 15) is 5.26 Å². The number of nitriles is 1. The van der Waals surface area contributed by atoms with Gasteiger partial charge in [0.15, 0.2) is 0 Å². The zero-order valence-electron chi connectivity index (χ0n) is 9.28. The van der Waals surface area contributed by atoms with Gasteiger partial charge in [0.05, 0.1) is 37.9 Å². The van der Waals surface area contributed by atoms with Crippen LogP contribution in [0.4, 0.5) is 0 Å². The van der Waals surface area contributed by atoms with Crippen LogP contribution in [0.5, 0.6) is 0 Å². The second kappa shape index (κ2) is 3.71. The van der Waals surface area contributed by atoms with Crippen LogP contribution in [0.25, 0.3) is 0 Å². The van der Waals surface area contributed by atoms with Gasteiger partial charge >= 0.3 is 0 Å². The third-order valence-electron chi connectivity index (χ3n) is 3.90. The molecule has 2 fully saturated rings. The number of halogens is 1. The second-order valence-corrected chi connectivity index (χ2v) is 5.21. The van der Waals surface area contributed by atoms with Gasteiger partial charge in [-0.2, -0.15) is 5.26 Å². The Balaban J connectivity index is 2.06. The first-order chi connectivity index (χ1) is 8.22. The van der Waals surface area contributed by atoms with Gasteiger partial charge < -0.3 is 9.47 Å². The lowest BCUT2D eigenvalue weighted by atomic mass is 9.58. The number of ether oxygens (including phenoxy) is 2. The lowest BCUT2D eigenvalue weighted by Gasteiger charge is -2.55. The van der Waals surface area contributed by atoms with Crippen molar-refractivity contribution in [3.8, 4) is 6.07 Å². The molecule has 0 amide bonds. The van der Waals surface area contributed by atoms with Crippen LogP contribution in [-0.4, -0.2) is 26.4 Å². The van der Waals surface area contributed by atoms with Crippen LogP contribution in [0.2, 0.25) is 5.02 Å².